The monoisotopic (exact) mass is 359 g/mol. The molecule has 0 radical (unpaired) electrons. The van der Waals surface area contributed by atoms with E-state index in [1.54, 1.807) is 0 Å². The highest BCUT2D eigenvalue weighted by atomic mass is 35.5. The molecule has 6 heteroatoms. The Morgan fingerprint density at radius 3 is 2.62 bits per heavy atom. The van der Waals surface area contributed by atoms with Crippen molar-refractivity contribution in [2.75, 3.05) is 19.6 Å². The molecule has 24 heavy (non-hydrogen) atoms. The van der Waals surface area contributed by atoms with Crippen LogP contribution in [0.3, 0.4) is 0 Å². The van der Waals surface area contributed by atoms with Crippen molar-refractivity contribution in [3.05, 3.63) is 45.4 Å². The number of thiazole rings is 1. The quantitative estimate of drug-likeness (QED) is 0.632. The second-order valence-electron chi connectivity index (χ2n) is 5.82. The Bertz CT molecular complexity index is 770. The molecule has 0 amide bonds. The largest absolute Gasteiger partial charge is 0.509 e. The Kier molecular flexibility index (Phi) is 5.52. The van der Waals surface area contributed by atoms with E-state index in [4.69, 9.17) is 11.6 Å². The van der Waals surface area contributed by atoms with Gasteiger partial charge in [-0.3, -0.25) is 4.90 Å². The van der Waals surface area contributed by atoms with Gasteiger partial charge in [0.05, 0.1) is 12.2 Å². The minimum absolute atomic E-state index is 0.108. The van der Waals surface area contributed by atoms with Crippen molar-refractivity contribution in [2.45, 2.75) is 19.3 Å². The zero-order chi connectivity index (χ0) is 16.9. The van der Waals surface area contributed by atoms with Gasteiger partial charge in [-0.2, -0.15) is 5.26 Å². The molecule has 0 spiro atoms. The Labute approximate surface area is 150 Å². The summed E-state index contributed by atoms with van der Waals surface area (Å²) >= 11 is 7.27. The van der Waals surface area contributed by atoms with E-state index in [-0.39, 0.29) is 11.3 Å². The van der Waals surface area contributed by atoms with Gasteiger partial charge in [0, 0.05) is 16.0 Å². The number of nitrogens with zero attached hydrogens (tertiary/aromatic N) is 3. The van der Waals surface area contributed by atoms with Crippen LogP contribution in [0.1, 0.15) is 24.3 Å². The molecule has 1 N–H and O–H groups in total. The summed E-state index contributed by atoms with van der Waals surface area (Å²) in [4.78, 5) is 6.70. The number of aliphatic hydroxyl groups excluding tert-OH is 1. The molecule has 4 nitrogen and oxygen atoms in total. The molecule has 3 rings (SSSR count). The van der Waals surface area contributed by atoms with Crippen LogP contribution in [0.25, 0.3) is 16.8 Å². The van der Waals surface area contributed by atoms with Crippen molar-refractivity contribution < 1.29 is 5.11 Å². The highest BCUT2D eigenvalue weighted by Crippen LogP contribution is 2.28. The predicted molar refractivity (Wildman–Crippen MR) is 98.0 cm³/mol. The lowest BCUT2D eigenvalue weighted by atomic mass is 10.1. The van der Waals surface area contributed by atoms with Crippen LogP contribution in [0.4, 0.5) is 0 Å². The van der Waals surface area contributed by atoms with E-state index in [9.17, 15) is 10.4 Å². The molecule has 2 heterocycles. The normalized spacial score (nSPS) is 16.5. The molecule has 0 unspecified atom stereocenters. The van der Waals surface area contributed by atoms with Gasteiger partial charge in [-0.15, -0.1) is 11.3 Å². The number of aliphatic hydroxyl groups is 1. The van der Waals surface area contributed by atoms with Crippen molar-refractivity contribution in [1.29, 1.82) is 5.26 Å². The number of benzene rings is 1. The third kappa shape index (κ3) is 3.96. The van der Waals surface area contributed by atoms with Crippen LogP contribution in [-0.2, 0) is 0 Å². The Morgan fingerprint density at radius 1 is 1.25 bits per heavy atom. The summed E-state index contributed by atoms with van der Waals surface area (Å²) in [5, 5.41) is 23.0. The van der Waals surface area contributed by atoms with E-state index >= 15 is 0 Å². The smallest absolute Gasteiger partial charge is 0.138 e. The number of rotatable bonds is 4. The molecule has 1 aromatic carbocycles. The molecule has 0 aliphatic carbocycles. The van der Waals surface area contributed by atoms with Crippen LogP contribution in [0.2, 0.25) is 5.02 Å². The van der Waals surface area contributed by atoms with Crippen molar-refractivity contribution in [3.63, 3.8) is 0 Å². The summed E-state index contributed by atoms with van der Waals surface area (Å²) in [6.45, 7) is 2.35. The average molecular weight is 360 g/mol. The summed E-state index contributed by atoms with van der Waals surface area (Å²) < 4.78 is 0. The molecular weight excluding hydrogens is 342 g/mol. The molecule has 124 valence electrons. The molecule has 2 aromatic rings. The van der Waals surface area contributed by atoms with Crippen LogP contribution in [0.5, 0.6) is 0 Å². The van der Waals surface area contributed by atoms with Crippen LogP contribution in [-0.4, -0.2) is 34.6 Å². The van der Waals surface area contributed by atoms with Gasteiger partial charge < -0.3 is 5.11 Å². The van der Waals surface area contributed by atoms with E-state index < -0.39 is 0 Å². The zero-order valence-corrected chi connectivity index (χ0v) is 14.8. The Balaban J connectivity index is 1.81. The van der Waals surface area contributed by atoms with Crippen LogP contribution in [0, 0.1) is 11.3 Å². The number of hydrogen-bond donors (Lipinski definition) is 1. The molecule has 0 saturated carbocycles. The summed E-state index contributed by atoms with van der Waals surface area (Å²) in [6.07, 6.45) is 3.53. The molecule has 1 aliphatic rings. The van der Waals surface area contributed by atoms with Gasteiger partial charge >= 0.3 is 0 Å². The number of hydrogen-bond acceptors (Lipinski definition) is 5. The second-order valence-corrected chi connectivity index (χ2v) is 7.11. The van der Waals surface area contributed by atoms with E-state index in [1.165, 1.54) is 17.8 Å². The van der Waals surface area contributed by atoms with Crippen LogP contribution in [0.15, 0.2) is 35.4 Å². The van der Waals surface area contributed by atoms with Gasteiger partial charge in [0.2, 0.25) is 0 Å². The minimum Gasteiger partial charge on any atom is -0.509 e. The fourth-order valence-corrected chi connectivity index (χ4v) is 3.76. The number of aromatic nitrogens is 1. The van der Waals surface area contributed by atoms with E-state index in [1.807, 2.05) is 29.6 Å². The van der Waals surface area contributed by atoms with Gasteiger partial charge in [0.1, 0.15) is 22.4 Å². The Hall–Kier alpha value is -1.87. The first-order valence-corrected chi connectivity index (χ1v) is 9.19. The van der Waals surface area contributed by atoms with Crippen molar-refractivity contribution in [1.82, 2.24) is 9.88 Å². The number of piperidine rings is 1. The first kappa shape index (κ1) is 17.0. The van der Waals surface area contributed by atoms with Gasteiger partial charge in [0.15, 0.2) is 0 Å². The number of allylic oxidation sites excluding steroid dienone is 1. The maximum Gasteiger partial charge on any atom is 0.138 e. The number of likely N-dealkylation sites (tertiary alicyclic amines) is 1. The summed E-state index contributed by atoms with van der Waals surface area (Å²) in [5.41, 5.74) is 1.99. The van der Waals surface area contributed by atoms with E-state index in [0.29, 0.717) is 16.6 Å². The average Bonchev–Trinajstić information content (AvgIpc) is 3.07. The maximum atomic E-state index is 10.4. The summed E-state index contributed by atoms with van der Waals surface area (Å²) in [7, 11) is 0. The third-order valence-corrected chi connectivity index (χ3v) is 5.19. The fraction of sp³-hybridized carbons (Fsp3) is 0.333. The lowest BCUT2D eigenvalue weighted by Gasteiger charge is -2.26. The van der Waals surface area contributed by atoms with Gasteiger partial charge in [-0.25, -0.2) is 4.98 Å². The highest BCUT2D eigenvalue weighted by molar-refractivity contribution is 7.11. The Morgan fingerprint density at radius 2 is 1.96 bits per heavy atom. The summed E-state index contributed by atoms with van der Waals surface area (Å²) in [5.74, 6) is 0.108. The summed E-state index contributed by atoms with van der Waals surface area (Å²) in [6, 6.07) is 9.52. The zero-order valence-electron chi connectivity index (χ0n) is 13.2. The lowest BCUT2D eigenvalue weighted by Crippen LogP contribution is -2.31. The maximum absolute atomic E-state index is 10.4. The van der Waals surface area contributed by atoms with Crippen molar-refractivity contribution >= 4 is 28.5 Å². The van der Waals surface area contributed by atoms with Gasteiger partial charge in [0.25, 0.3) is 0 Å². The SMILES string of the molecule is N#C/C(=C(/O)CN1CCCCC1)c1nc(-c2ccc(Cl)cc2)cs1. The molecular formula is C18H18ClN3OS. The first-order valence-electron chi connectivity index (χ1n) is 7.94. The molecule has 1 saturated heterocycles. The number of halogens is 1. The van der Waals surface area contributed by atoms with Crippen LogP contribution >= 0.6 is 22.9 Å². The first-order chi connectivity index (χ1) is 11.7. The van der Waals surface area contributed by atoms with Crippen molar-refractivity contribution in [2.24, 2.45) is 0 Å². The molecule has 1 fully saturated rings. The lowest BCUT2D eigenvalue weighted by molar-refractivity contribution is 0.215. The van der Waals surface area contributed by atoms with E-state index in [0.717, 1.165) is 37.2 Å². The van der Waals surface area contributed by atoms with Crippen LogP contribution < -0.4 is 0 Å². The van der Waals surface area contributed by atoms with Gasteiger partial charge in [-0.1, -0.05) is 30.2 Å². The predicted octanol–water partition coefficient (Wildman–Crippen LogP) is 4.74. The van der Waals surface area contributed by atoms with Crippen molar-refractivity contribution in [3.8, 4) is 17.3 Å². The third-order valence-electron chi connectivity index (χ3n) is 4.08. The molecule has 1 aromatic heterocycles. The highest BCUT2D eigenvalue weighted by Gasteiger charge is 2.17. The standard InChI is InChI=1S/C18H18ClN3OS/c19-14-6-4-13(5-7-14)16-12-24-18(21-16)15(10-20)17(23)11-22-8-2-1-3-9-22/h4-7,12,23H,1-3,8-9,11H2/b17-15-. The number of nitriles is 1. The molecule has 0 atom stereocenters. The molecule has 1 aliphatic heterocycles. The topological polar surface area (TPSA) is 60.1 Å². The van der Waals surface area contributed by atoms with Gasteiger partial charge in [-0.05, 0) is 38.1 Å². The fourth-order valence-electron chi connectivity index (χ4n) is 2.79. The minimum atomic E-state index is 0.108. The molecule has 0 bridgehead atoms. The van der Waals surface area contributed by atoms with E-state index in [2.05, 4.69) is 16.0 Å². The second kappa shape index (κ2) is 7.80.